The van der Waals surface area contributed by atoms with E-state index in [1.54, 1.807) is 11.5 Å². The molecule has 1 fully saturated rings. The minimum absolute atomic E-state index is 0.376. The molecule has 1 aromatic carbocycles. The second-order valence-corrected chi connectivity index (χ2v) is 5.13. The molecule has 16 heavy (non-hydrogen) atoms. The van der Waals surface area contributed by atoms with Gasteiger partial charge in [0.05, 0.1) is 4.70 Å². The number of hydrogen-bond acceptors (Lipinski definition) is 4. The molecular weight excluding hydrogens is 218 g/mol. The van der Waals surface area contributed by atoms with Crippen molar-refractivity contribution in [2.24, 2.45) is 5.73 Å². The van der Waals surface area contributed by atoms with Crippen molar-refractivity contribution in [3.63, 3.8) is 0 Å². The van der Waals surface area contributed by atoms with E-state index in [4.69, 9.17) is 5.73 Å². The first-order valence-electron chi connectivity index (χ1n) is 5.69. The topological polar surface area (TPSA) is 42.1 Å². The van der Waals surface area contributed by atoms with E-state index in [-0.39, 0.29) is 0 Å². The molecule has 0 spiro atoms. The fourth-order valence-electron chi connectivity index (χ4n) is 2.21. The third kappa shape index (κ3) is 1.68. The zero-order valence-electron chi connectivity index (χ0n) is 9.10. The molecule has 2 heterocycles. The van der Waals surface area contributed by atoms with E-state index in [1.165, 1.54) is 10.1 Å². The molecular formula is C12H15N3S. The minimum Gasteiger partial charge on any atom is -0.355 e. The number of benzene rings is 1. The molecule has 3 nitrogen and oxygen atoms in total. The van der Waals surface area contributed by atoms with Crippen molar-refractivity contribution < 1.29 is 0 Å². The van der Waals surface area contributed by atoms with Crippen LogP contribution in [0.1, 0.15) is 12.8 Å². The van der Waals surface area contributed by atoms with Crippen LogP contribution < -0.4 is 10.6 Å². The molecule has 1 aromatic heterocycles. The van der Waals surface area contributed by atoms with Crippen molar-refractivity contribution in [3.05, 3.63) is 24.3 Å². The van der Waals surface area contributed by atoms with Crippen molar-refractivity contribution in [1.82, 2.24) is 4.37 Å². The molecule has 0 bridgehead atoms. The van der Waals surface area contributed by atoms with Gasteiger partial charge in [0.2, 0.25) is 0 Å². The van der Waals surface area contributed by atoms with Crippen molar-refractivity contribution in [2.45, 2.75) is 18.9 Å². The Balaban J connectivity index is 1.94. The molecule has 2 N–H and O–H groups in total. The van der Waals surface area contributed by atoms with Gasteiger partial charge in [-0.05, 0) is 36.5 Å². The van der Waals surface area contributed by atoms with Gasteiger partial charge in [-0.2, -0.15) is 4.37 Å². The summed E-state index contributed by atoms with van der Waals surface area (Å²) in [5.41, 5.74) is 5.92. The highest BCUT2D eigenvalue weighted by Gasteiger charge is 2.19. The van der Waals surface area contributed by atoms with Crippen molar-refractivity contribution in [2.75, 3.05) is 18.0 Å². The summed E-state index contributed by atoms with van der Waals surface area (Å²) in [4.78, 5) is 2.36. The number of nitrogens with two attached hydrogens (primary N) is 1. The van der Waals surface area contributed by atoms with Gasteiger partial charge in [0, 0.05) is 24.5 Å². The van der Waals surface area contributed by atoms with Gasteiger partial charge in [-0.3, -0.25) is 0 Å². The first-order valence-corrected chi connectivity index (χ1v) is 6.47. The second kappa shape index (κ2) is 4.03. The zero-order chi connectivity index (χ0) is 11.0. The van der Waals surface area contributed by atoms with E-state index < -0.39 is 0 Å². The van der Waals surface area contributed by atoms with Crippen LogP contribution in [0.15, 0.2) is 24.3 Å². The van der Waals surface area contributed by atoms with Gasteiger partial charge in [0.25, 0.3) is 0 Å². The van der Waals surface area contributed by atoms with Crippen molar-refractivity contribution >= 4 is 27.4 Å². The van der Waals surface area contributed by atoms with Gasteiger partial charge in [0.1, 0.15) is 5.82 Å². The normalized spacial score (nSPS) is 18.2. The second-order valence-electron chi connectivity index (χ2n) is 4.33. The lowest BCUT2D eigenvalue weighted by atomic mass is 10.1. The number of fused-ring (bicyclic) bond motifs is 1. The maximum Gasteiger partial charge on any atom is 0.150 e. The van der Waals surface area contributed by atoms with Crippen LogP contribution >= 0.6 is 11.5 Å². The van der Waals surface area contributed by atoms with Crippen LogP contribution in [-0.4, -0.2) is 23.5 Å². The highest BCUT2D eigenvalue weighted by molar-refractivity contribution is 7.13. The standard InChI is InChI=1S/C12H15N3S/c13-9-5-7-15(8-6-9)12-10-3-1-2-4-11(10)16-14-12/h1-4,9H,5-8,13H2. The molecule has 0 radical (unpaired) electrons. The molecule has 0 atom stereocenters. The third-order valence-corrected chi connectivity index (χ3v) is 4.01. The molecule has 84 valence electrons. The lowest BCUT2D eigenvalue weighted by molar-refractivity contribution is 0.500. The largest absolute Gasteiger partial charge is 0.355 e. The minimum atomic E-state index is 0.376. The Morgan fingerprint density at radius 2 is 2.00 bits per heavy atom. The number of hydrogen-bond donors (Lipinski definition) is 1. The van der Waals surface area contributed by atoms with E-state index >= 15 is 0 Å². The molecule has 0 amide bonds. The summed E-state index contributed by atoms with van der Waals surface area (Å²) in [5, 5.41) is 1.28. The molecule has 1 aliphatic heterocycles. The van der Waals surface area contributed by atoms with Crippen LogP contribution in [-0.2, 0) is 0 Å². The molecule has 4 heteroatoms. The average molecular weight is 233 g/mol. The van der Waals surface area contributed by atoms with E-state index in [1.807, 2.05) is 0 Å². The lowest BCUT2D eigenvalue weighted by Gasteiger charge is -2.30. The fraction of sp³-hybridized carbons (Fsp3) is 0.417. The van der Waals surface area contributed by atoms with Gasteiger partial charge in [0.15, 0.2) is 0 Å². The molecule has 0 aliphatic carbocycles. The zero-order valence-corrected chi connectivity index (χ0v) is 9.91. The summed E-state index contributed by atoms with van der Waals surface area (Å²) in [6.07, 6.45) is 2.15. The Morgan fingerprint density at radius 3 is 2.81 bits per heavy atom. The van der Waals surface area contributed by atoms with Gasteiger partial charge in [-0.15, -0.1) is 0 Å². The first kappa shape index (κ1) is 10.1. The van der Waals surface area contributed by atoms with Crippen LogP contribution in [0, 0.1) is 0 Å². The SMILES string of the molecule is NC1CCN(c2nsc3ccccc23)CC1. The van der Waals surface area contributed by atoms with Gasteiger partial charge in [-0.25, -0.2) is 0 Å². The third-order valence-electron chi connectivity index (χ3n) is 3.20. The molecule has 1 saturated heterocycles. The molecule has 2 aromatic rings. The van der Waals surface area contributed by atoms with Crippen molar-refractivity contribution in [3.8, 4) is 0 Å². The van der Waals surface area contributed by atoms with Gasteiger partial charge >= 0.3 is 0 Å². The summed E-state index contributed by atoms with van der Waals surface area (Å²) in [6, 6.07) is 8.81. The molecule has 3 rings (SSSR count). The monoisotopic (exact) mass is 233 g/mol. The summed E-state index contributed by atoms with van der Waals surface area (Å²) < 4.78 is 5.84. The summed E-state index contributed by atoms with van der Waals surface area (Å²) in [7, 11) is 0. The number of rotatable bonds is 1. The lowest BCUT2D eigenvalue weighted by Crippen LogP contribution is -2.39. The van der Waals surface area contributed by atoms with E-state index in [0.29, 0.717) is 6.04 Å². The van der Waals surface area contributed by atoms with E-state index in [9.17, 15) is 0 Å². The number of aromatic nitrogens is 1. The highest BCUT2D eigenvalue weighted by atomic mass is 32.1. The van der Waals surface area contributed by atoms with E-state index in [2.05, 4.69) is 33.5 Å². The summed E-state index contributed by atoms with van der Waals surface area (Å²) >= 11 is 1.59. The molecule has 0 unspecified atom stereocenters. The maximum absolute atomic E-state index is 5.92. The van der Waals surface area contributed by atoms with Crippen LogP contribution in [0.3, 0.4) is 0 Å². The Kier molecular flexibility index (Phi) is 2.53. The highest BCUT2D eigenvalue weighted by Crippen LogP contribution is 2.30. The Morgan fingerprint density at radius 1 is 1.25 bits per heavy atom. The molecule has 0 saturated carbocycles. The Bertz CT molecular complexity index is 486. The quantitative estimate of drug-likeness (QED) is 0.821. The number of nitrogens with zero attached hydrogens (tertiary/aromatic N) is 2. The first-order chi connectivity index (χ1) is 7.84. The smallest absolute Gasteiger partial charge is 0.150 e. The Labute approximate surface area is 99.0 Å². The number of piperidine rings is 1. The molecule has 1 aliphatic rings. The summed E-state index contributed by atoms with van der Waals surface area (Å²) in [5.74, 6) is 1.15. The predicted molar refractivity (Wildman–Crippen MR) is 69.0 cm³/mol. The van der Waals surface area contributed by atoms with Crippen LogP contribution in [0.4, 0.5) is 5.82 Å². The predicted octanol–water partition coefficient (Wildman–Crippen LogP) is 2.22. The van der Waals surface area contributed by atoms with Crippen LogP contribution in [0.2, 0.25) is 0 Å². The van der Waals surface area contributed by atoms with Gasteiger partial charge in [-0.1, -0.05) is 12.1 Å². The Hall–Kier alpha value is -1.13. The number of anilines is 1. The van der Waals surface area contributed by atoms with Crippen LogP contribution in [0.5, 0.6) is 0 Å². The van der Waals surface area contributed by atoms with Crippen LogP contribution in [0.25, 0.3) is 10.1 Å². The summed E-state index contributed by atoms with van der Waals surface area (Å²) in [6.45, 7) is 2.07. The van der Waals surface area contributed by atoms with E-state index in [0.717, 1.165) is 31.7 Å². The maximum atomic E-state index is 5.92. The van der Waals surface area contributed by atoms with Gasteiger partial charge < -0.3 is 10.6 Å². The van der Waals surface area contributed by atoms with Crippen molar-refractivity contribution in [1.29, 1.82) is 0 Å². The fourth-order valence-corrected chi connectivity index (χ4v) is 3.01. The average Bonchev–Trinajstić information content (AvgIpc) is 2.74.